The van der Waals surface area contributed by atoms with Crippen molar-refractivity contribution in [2.24, 2.45) is 5.16 Å². The number of benzene rings is 1. The molecule has 0 saturated heterocycles. The molecule has 0 amide bonds. The van der Waals surface area contributed by atoms with E-state index < -0.39 is 12.8 Å². The van der Waals surface area contributed by atoms with Crippen molar-refractivity contribution >= 4 is 5.71 Å². The van der Waals surface area contributed by atoms with Crippen molar-refractivity contribution in [3.05, 3.63) is 29.3 Å². The van der Waals surface area contributed by atoms with Crippen molar-refractivity contribution in [2.45, 2.75) is 25.4 Å². The molecule has 0 unspecified atom stereocenters. The summed E-state index contributed by atoms with van der Waals surface area (Å²) in [5.74, 6) is 0.601. The molecule has 1 aromatic rings. The van der Waals surface area contributed by atoms with Crippen molar-refractivity contribution in [1.82, 2.24) is 0 Å². The molecule has 116 valence electrons. The van der Waals surface area contributed by atoms with Gasteiger partial charge in [-0.3, -0.25) is 0 Å². The first-order valence-corrected chi connectivity index (χ1v) is 6.62. The molecular formula is C14H16F3NO3. The average molecular weight is 303 g/mol. The van der Waals surface area contributed by atoms with Crippen molar-refractivity contribution in [2.75, 3.05) is 19.8 Å². The van der Waals surface area contributed by atoms with E-state index in [9.17, 15) is 13.2 Å². The summed E-state index contributed by atoms with van der Waals surface area (Å²) in [6.07, 6.45) is -1.99. The van der Waals surface area contributed by atoms with E-state index in [2.05, 4.69) is 9.89 Å². The molecule has 0 saturated carbocycles. The van der Waals surface area contributed by atoms with Crippen LogP contribution in [0, 0.1) is 0 Å². The van der Waals surface area contributed by atoms with Crippen LogP contribution < -0.4 is 4.74 Å². The van der Waals surface area contributed by atoms with Gasteiger partial charge >= 0.3 is 6.18 Å². The van der Waals surface area contributed by atoms with Crippen LogP contribution in [0.25, 0.3) is 0 Å². The molecule has 0 spiro atoms. The summed E-state index contributed by atoms with van der Waals surface area (Å²) in [5, 5.41) is 12.2. The lowest BCUT2D eigenvalue weighted by molar-refractivity contribution is -0.175. The summed E-state index contributed by atoms with van der Waals surface area (Å²) in [5.41, 5.74) is 2.36. The third-order valence-corrected chi connectivity index (χ3v) is 3.16. The molecule has 0 fully saturated rings. The molecule has 21 heavy (non-hydrogen) atoms. The van der Waals surface area contributed by atoms with E-state index >= 15 is 0 Å². The van der Waals surface area contributed by atoms with E-state index in [4.69, 9.17) is 9.94 Å². The molecule has 2 rings (SSSR count). The van der Waals surface area contributed by atoms with E-state index in [-0.39, 0.29) is 13.2 Å². The molecule has 1 N–H and O–H groups in total. The lowest BCUT2D eigenvalue weighted by atomic mass is 9.89. The van der Waals surface area contributed by atoms with E-state index in [1.807, 2.05) is 6.07 Å². The number of oxime groups is 1. The number of hydrogen-bond donors (Lipinski definition) is 1. The second-order valence-corrected chi connectivity index (χ2v) is 4.70. The molecule has 7 heteroatoms. The Morgan fingerprint density at radius 3 is 2.71 bits per heavy atom. The summed E-state index contributed by atoms with van der Waals surface area (Å²) >= 11 is 0. The Kier molecular flexibility index (Phi) is 5.06. The van der Waals surface area contributed by atoms with E-state index in [0.29, 0.717) is 17.9 Å². The van der Waals surface area contributed by atoms with Gasteiger partial charge < -0.3 is 14.7 Å². The highest BCUT2D eigenvalue weighted by atomic mass is 19.4. The first-order valence-electron chi connectivity index (χ1n) is 6.62. The Morgan fingerprint density at radius 1 is 1.19 bits per heavy atom. The second kappa shape index (κ2) is 6.80. The highest BCUT2D eigenvalue weighted by Crippen LogP contribution is 2.29. The van der Waals surface area contributed by atoms with Gasteiger partial charge in [0.05, 0.1) is 12.3 Å². The van der Waals surface area contributed by atoms with E-state index in [1.165, 1.54) is 0 Å². The first kappa shape index (κ1) is 15.6. The van der Waals surface area contributed by atoms with Gasteiger partial charge in [-0.25, -0.2) is 0 Å². The third kappa shape index (κ3) is 4.35. The van der Waals surface area contributed by atoms with Gasteiger partial charge in [-0.05, 0) is 25.3 Å². The summed E-state index contributed by atoms with van der Waals surface area (Å²) in [7, 11) is 0. The molecule has 1 aliphatic rings. The molecule has 1 aromatic carbocycles. The highest BCUT2D eigenvalue weighted by Gasteiger charge is 2.27. The Balaban J connectivity index is 1.93. The summed E-state index contributed by atoms with van der Waals surface area (Å²) in [6.45, 7) is -1.37. The molecule has 0 heterocycles. The molecule has 4 nitrogen and oxygen atoms in total. The maximum atomic E-state index is 11.9. The summed E-state index contributed by atoms with van der Waals surface area (Å²) in [6, 6.07) is 5.36. The normalized spacial score (nSPS) is 16.8. The number of alkyl halides is 3. The number of rotatable bonds is 5. The zero-order valence-corrected chi connectivity index (χ0v) is 11.3. The minimum Gasteiger partial charge on any atom is -0.491 e. The molecule has 0 bridgehead atoms. The van der Waals surface area contributed by atoms with Crippen LogP contribution in [0.5, 0.6) is 5.75 Å². The minimum atomic E-state index is -4.32. The van der Waals surface area contributed by atoms with Crippen molar-refractivity contribution < 1.29 is 27.9 Å². The molecule has 0 atom stereocenters. The van der Waals surface area contributed by atoms with Crippen LogP contribution in [0.3, 0.4) is 0 Å². The number of nitrogens with zero attached hydrogens (tertiary/aromatic N) is 1. The van der Waals surface area contributed by atoms with Gasteiger partial charge in [0, 0.05) is 11.1 Å². The van der Waals surface area contributed by atoms with Crippen LogP contribution in [0.15, 0.2) is 23.4 Å². The molecule has 0 aromatic heterocycles. The number of fused-ring (bicyclic) bond motifs is 1. The SMILES string of the molecule is ON=C1CCCc2c(OCCOCC(F)(F)F)cccc21. The van der Waals surface area contributed by atoms with Crippen LogP contribution in [0.2, 0.25) is 0 Å². The Morgan fingerprint density at radius 2 is 2.00 bits per heavy atom. The van der Waals surface area contributed by atoms with Crippen molar-refractivity contribution in [3.63, 3.8) is 0 Å². The van der Waals surface area contributed by atoms with Gasteiger partial charge in [-0.2, -0.15) is 13.2 Å². The predicted molar refractivity (Wildman–Crippen MR) is 70.1 cm³/mol. The number of ether oxygens (including phenoxy) is 2. The van der Waals surface area contributed by atoms with Crippen molar-refractivity contribution in [3.8, 4) is 5.75 Å². The molecule has 0 radical (unpaired) electrons. The van der Waals surface area contributed by atoms with Crippen molar-refractivity contribution in [1.29, 1.82) is 0 Å². The maximum Gasteiger partial charge on any atom is 0.411 e. The zero-order valence-electron chi connectivity index (χ0n) is 11.3. The first-order chi connectivity index (χ1) is 10.0. The highest BCUT2D eigenvalue weighted by molar-refractivity contribution is 6.02. The van der Waals surface area contributed by atoms with E-state index in [0.717, 1.165) is 24.0 Å². The largest absolute Gasteiger partial charge is 0.491 e. The minimum absolute atomic E-state index is 0.0398. The van der Waals surface area contributed by atoms with E-state index in [1.54, 1.807) is 12.1 Å². The fraction of sp³-hybridized carbons (Fsp3) is 0.500. The quantitative estimate of drug-likeness (QED) is 0.516. The average Bonchev–Trinajstić information content (AvgIpc) is 2.45. The van der Waals surface area contributed by atoms with Gasteiger partial charge in [-0.1, -0.05) is 17.3 Å². The predicted octanol–water partition coefficient (Wildman–Crippen LogP) is 3.16. The van der Waals surface area contributed by atoms with Gasteiger partial charge in [0.1, 0.15) is 19.0 Å². The smallest absolute Gasteiger partial charge is 0.411 e. The number of hydrogen-bond acceptors (Lipinski definition) is 4. The molecule has 1 aliphatic carbocycles. The Labute approximate surface area is 120 Å². The summed E-state index contributed by atoms with van der Waals surface area (Å²) < 4.78 is 45.7. The maximum absolute atomic E-state index is 11.9. The Bertz CT molecular complexity index is 515. The summed E-state index contributed by atoms with van der Waals surface area (Å²) in [4.78, 5) is 0. The van der Waals surface area contributed by atoms with Crippen LogP contribution in [0.4, 0.5) is 13.2 Å². The van der Waals surface area contributed by atoms with Crippen LogP contribution in [-0.2, 0) is 11.2 Å². The molecular weight excluding hydrogens is 287 g/mol. The lowest BCUT2D eigenvalue weighted by Gasteiger charge is -2.20. The van der Waals surface area contributed by atoms with Crippen LogP contribution >= 0.6 is 0 Å². The number of halogens is 3. The van der Waals surface area contributed by atoms with Gasteiger partial charge in [0.2, 0.25) is 0 Å². The van der Waals surface area contributed by atoms with Crippen LogP contribution in [-0.4, -0.2) is 36.9 Å². The fourth-order valence-electron chi connectivity index (χ4n) is 2.30. The van der Waals surface area contributed by atoms with Gasteiger partial charge in [0.15, 0.2) is 0 Å². The fourth-order valence-corrected chi connectivity index (χ4v) is 2.30. The standard InChI is InChI=1S/C14H16F3NO3/c15-14(16,17)9-20-7-8-21-13-6-2-3-10-11(13)4-1-5-12(10)18-19/h2-3,6,19H,1,4-5,7-9H2. The van der Waals surface area contributed by atoms with Gasteiger partial charge in [0.25, 0.3) is 0 Å². The third-order valence-electron chi connectivity index (χ3n) is 3.16. The topological polar surface area (TPSA) is 51.1 Å². The molecule has 0 aliphatic heterocycles. The lowest BCUT2D eigenvalue weighted by Crippen LogP contribution is -2.20. The monoisotopic (exact) mass is 303 g/mol. The van der Waals surface area contributed by atoms with Gasteiger partial charge in [-0.15, -0.1) is 0 Å². The zero-order chi connectivity index (χ0) is 15.3. The van der Waals surface area contributed by atoms with Crippen LogP contribution in [0.1, 0.15) is 24.0 Å². The Hall–Kier alpha value is -1.76. The second-order valence-electron chi connectivity index (χ2n) is 4.70.